The van der Waals surface area contributed by atoms with Crippen molar-refractivity contribution in [3.63, 3.8) is 0 Å². The Bertz CT molecular complexity index is 515. The number of benzene rings is 1. The zero-order valence-corrected chi connectivity index (χ0v) is 15.8. The van der Waals surface area contributed by atoms with Gasteiger partial charge in [0.25, 0.3) is 0 Å². The molecule has 0 saturated heterocycles. The second-order valence-electron chi connectivity index (χ2n) is 8.12. The zero-order valence-electron chi connectivity index (χ0n) is 15.8. The van der Waals surface area contributed by atoms with Crippen LogP contribution in [0.25, 0.3) is 0 Å². The van der Waals surface area contributed by atoms with Crippen molar-refractivity contribution in [1.82, 2.24) is 0 Å². The predicted octanol–water partition coefficient (Wildman–Crippen LogP) is 6.40. The molecule has 1 aromatic rings. The summed E-state index contributed by atoms with van der Waals surface area (Å²) in [6, 6.07) is 7.27. The molecule has 0 atom stereocenters. The lowest BCUT2D eigenvalue weighted by Crippen LogP contribution is -2.25. The van der Waals surface area contributed by atoms with E-state index >= 15 is 0 Å². The maximum absolute atomic E-state index is 12.3. The van der Waals surface area contributed by atoms with Gasteiger partial charge in [-0.2, -0.15) is 8.78 Å². The highest BCUT2D eigenvalue weighted by molar-refractivity contribution is 5.29. The van der Waals surface area contributed by atoms with E-state index in [1.165, 1.54) is 63.4 Å². The standard InChI is InChI=1S/C22H32F2O2/c1-25-15-14-16-2-4-17(5-3-16)18-6-8-19(9-7-18)20-10-12-21(13-11-20)26-22(23)24/h10-13,16-19,22H,2-9,14-15H2,1H3/t16-,17-,18-,19-. The smallest absolute Gasteiger partial charge is 0.387 e. The Morgan fingerprint density at radius 3 is 2.00 bits per heavy atom. The molecule has 0 spiro atoms. The molecule has 0 heterocycles. The fourth-order valence-corrected chi connectivity index (χ4v) is 5.08. The van der Waals surface area contributed by atoms with E-state index in [4.69, 9.17) is 4.74 Å². The first kappa shape index (κ1) is 19.6. The lowest BCUT2D eigenvalue weighted by atomic mass is 9.68. The molecule has 146 valence electrons. The molecule has 0 bridgehead atoms. The second kappa shape index (κ2) is 9.68. The van der Waals surface area contributed by atoms with Crippen molar-refractivity contribution < 1.29 is 18.3 Å². The van der Waals surface area contributed by atoms with E-state index in [1.807, 2.05) is 12.1 Å². The summed E-state index contributed by atoms with van der Waals surface area (Å²) in [6.07, 6.45) is 11.8. The van der Waals surface area contributed by atoms with Crippen LogP contribution in [0.5, 0.6) is 5.75 Å². The average molecular weight is 366 g/mol. The van der Waals surface area contributed by atoms with E-state index in [-0.39, 0.29) is 5.75 Å². The van der Waals surface area contributed by atoms with Gasteiger partial charge >= 0.3 is 6.61 Å². The second-order valence-corrected chi connectivity index (χ2v) is 8.12. The van der Waals surface area contributed by atoms with Crippen molar-refractivity contribution in [2.75, 3.05) is 13.7 Å². The number of hydrogen-bond donors (Lipinski definition) is 0. The molecule has 2 aliphatic rings. The highest BCUT2D eigenvalue weighted by atomic mass is 19.3. The van der Waals surface area contributed by atoms with Crippen LogP contribution in [0.1, 0.15) is 69.3 Å². The predicted molar refractivity (Wildman–Crippen MR) is 99.7 cm³/mol. The van der Waals surface area contributed by atoms with Crippen LogP contribution in [-0.4, -0.2) is 20.3 Å². The average Bonchev–Trinajstić information content (AvgIpc) is 2.67. The minimum Gasteiger partial charge on any atom is -0.435 e. The Kier molecular flexibility index (Phi) is 7.30. The van der Waals surface area contributed by atoms with Crippen molar-refractivity contribution in [3.8, 4) is 5.75 Å². The molecule has 0 N–H and O–H groups in total. The minimum atomic E-state index is -2.75. The van der Waals surface area contributed by atoms with Crippen molar-refractivity contribution in [2.45, 2.75) is 70.3 Å². The molecular formula is C22H32F2O2. The lowest BCUT2D eigenvalue weighted by molar-refractivity contribution is -0.0498. The number of halogens is 2. The number of rotatable bonds is 7. The van der Waals surface area contributed by atoms with Crippen molar-refractivity contribution in [2.24, 2.45) is 17.8 Å². The summed E-state index contributed by atoms with van der Waals surface area (Å²) in [7, 11) is 1.80. The summed E-state index contributed by atoms with van der Waals surface area (Å²) in [5.74, 6) is 3.50. The maximum Gasteiger partial charge on any atom is 0.387 e. The molecule has 0 unspecified atom stereocenters. The van der Waals surface area contributed by atoms with Gasteiger partial charge in [-0.1, -0.05) is 25.0 Å². The molecular weight excluding hydrogens is 334 g/mol. The van der Waals surface area contributed by atoms with E-state index in [0.29, 0.717) is 5.92 Å². The van der Waals surface area contributed by atoms with Crippen molar-refractivity contribution in [1.29, 1.82) is 0 Å². The summed E-state index contributed by atoms with van der Waals surface area (Å²) >= 11 is 0. The quantitative estimate of drug-likeness (QED) is 0.555. The van der Waals surface area contributed by atoms with Crippen molar-refractivity contribution >= 4 is 0 Å². The van der Waals surface area contributed by atoms with E-state index in [9.17, 15) is 8.78 Å². The van der Waals surface area contributed by atoms with Gasteiger partial charge < -0.3 is 9.47 Å². The van der Waals surface area contributed by atoms with E-state index in [1.54, 1.807) is 19.2 Å². The Morgan fingerprint density at radius 1 is 0.885 bits per heavy atom. The van der Waals surface area contributed by atoms with Gasteiger partial charge in [-0.15, -0.1) is 0 Å². The normalized spacial score (nSPS) is 29.7. The van der Waals surface area contributed by atoms with Gasteiger partial charge in [0.05, 0.1) is 0 Å². The van der Waals surface area contributed by atoms with Gasteiger partial charge in [0, 0.05) is 13.7 Å². The fraction of sp³-hybridized carbons (Fsp3) is 0.727. The molecule has 2 aliphatic carbocycles. The van der Waals surface area contributed by atoms with Crippen LogP contribution in [0.3, 0.4) is 0 Å². The molecule has 0 radical (unpaired) electrons. The highest BCUT2D eigenvalue weighted by Gasteiger charge is 2.31. The topological polar surface area (TPSA) is 18.5 Å². The molecule has 2 saturated carbocycles. The van der Waals surface area contributed by atoms with Crippen LogP contribution in [0.2, 0.25) is 0 Å². The SMILES string of the molecule is COCC[C@H]1CC[C@H]([C@H]2CC[C@H](c3ccc(OC(F)F)cc3)CC2)CC1. The molecule has 3 rings (SSSR count). The van der Waals surface area contributed by atoms with Gasteiger partial charge in [-0.05, 0) is 86.3 Å². The summed E-state index contributed by atoms with van der Waals surface area (Å²) < 4.78 is 34.2. The molecule has 2 fully saturated rings. The third kappa shape index (κ3) is 5.42. The molecule has 0 aliphatic heterocycles. The van der Waals surface area contributed by atoms with Crippen LogP contribution >= 0.6 is 0 Å². The van der Waals surface area contributed by atoms with Gasteiger partial charge in [0.15, 0.2) is 0 Å². The Labute approximate surface area is 156 Å². The molecule has 0 amide bonds. The van der Waals surface area contributed by atoms with Crippen LogP contribution in [0.4, 0.5) is 8.78 Å². The minimum absolute atomic E-state index is 0.252. The van der Waals surface area contributed by atoms with Gasteiger partial charge in [-0.25, -0.2) is 0 Å². The van der Waals surface area contributed by atoms with E-state index in [0.717, 1.165) is 24.4 Å². The maximum atomic E-state index is 12.3. The Morgan fingerprint density at radius 2 is 1.46 bits per heavy atom. The van der Waals surface area contributed by atoms with Crippen molar-refractivity contribution in [3.05, 3.63) is 29.8 Å². The summed E-state index contributed by atoms with van der Waals surface area (Å²) in [4.78, 5) is 0. The lowest BCUT2D eigenvalue weighted by Gasteiger charge is -2.38. The number of hydrogen-bond acceptors (Lipinski definition) is 2. The molecule has 1 aromatic carbocycles. The van der Waals surface area contributed by atoms with Gasteiger partial charge in [-0.3, -0.25) is 0 Å². The highest BCUT2D eigenvalue weighted by Crippen LogP contribution is 2.44. The first-order valence-corrected chi connectivity index (χ1v) is 10.2. The zero-order chi connectivity index (χ0) is 18.4. The monoisotopic (exact) mass is 366 g/mol. The Hall–Kier alpha value is -1.16. The molecule has 0 aromatic heterocycles. The van der Waals surface area contributed by atoms with Crippen LogP contribution in [0.15, 0.2) is 24.3 Å². The van der Waals surface area contributed by atoms with E-state index in [2.05, 4.69) is 4.74 Å². The fourth-order valence-electron chi connectivity index (χ4n) is 5.08. The third-order valence-electron chi connectivity index (χ3n) is 6.64. The molecule has 26 heavy (non-hydrogen) atoms. The van der Waals surface area contributed by atoms with Crippen LogP contribution < -0.4 is 4.74 Å². The summed E-state index contributed by atoms with van der Waals surface area (Å²) in [5, 5.41) is 0. The van der Waals surface area contributed by atoms with Crippen LogP contribution in [-0.2, 0) is 4.74 Å². The van der Waals surface area contributed by atoms with E-state index < -0.39 is 6.61 Å². The first-order valence-electron chi connectivity index (χ1n) is 10.2. The first-order chi connectivity index (χ1) is 12.7. The summed E-state index contributed by atoms with van der Waals surface area (Å²) in [5.41, 5.74) is 1.27. The molecule has 4 heteroatoms. The number of alkyl halides is 2. The van der Waals surface area contributed by atoms with Crippen LogP contribution in [0, 0.1) is 17.8 Å². The number of ether oxygens (including phenoxy) is 2. The third-order valence-corrected chi connectivity index (χ3v) is 6.64. The summed E-state index contributed by atoms with van der Waals surface area (Å²) in [6.45, 7) is -1.84. The number of methoxy groups -OCH3 is 1. The van der Waals surface area contributed by atoms with Gasteiger partial charge in [0.2, 0.25) is 0 Å². The molecule has 2 nitrogen and oxygen atoms in total. The Balaban J connectivity index is 1.43. The van der Waals surface area contributed by atoms with Gasteiger partial charge in [0.1, 0.15) is 5.75 Å². The largest absolute Gasteiger partial charge is 0.435 e.